The van der Waals surface area contributed by atoms with E-state index in [2.05, 4.69) is 402 Å². The standard InChI is InChI=1S/2C24H16N2.3C20H14N2/c1-15-10-13-21-19(14-15)18-12-11-16-6-2-3-7-17(16)23(18)24-25-20-8-4-5-9-22(20)26(21)24;1-15-10-13-20-22(14-15)26-21-9-5-4-8-18(21)19-12-11-16-6-2-3-7-17(16)23(19)24(26)25-20;1-13-10-11-14-15-6-2-4-8-18(15)22-19-9-5-3-7-17(19)21-20(22)16(14)12-13;1-13-10-11-15-16(12-13)14-6-2-4-8-18(14)22-19-9-5-3-7-17(19)21-20(15)22;1-13-10-11-17-19(12-13)22-18-9-5-4-7-15(18)14-6-2-3-8-16(14)20(22)21-17/h2*2-14H,1H3;3*2-12H,1H3. The van der Waals surface area contributed by atoms with Crippen molar-refractivity contribution in [3.63, 3.8) is 0 Å². The van der Waals surface area contributed by atoms with Gasteiger partial charge in [-0.05, 0) is 197 Å². The van der Waals surface area contributed by atoms with Crippen molar-refractivity contribution in [2.75, 3.05) is 0 Å². The maximum Gasteiger partial charge on any atom is 0.147 e. The maximum absolute atomic E-state index is 5.05. The molecule has 0 bridgehead atoms. The van der Waals surface area contributed by atoms with E-state index in [1.54, 1.807) is 0 Å². The Morgan fingerprint density at radius 2 is 0.415 bits per heavy atom. The number of fused-ring (bicyclic) bond motifs is 44. The average Bonchev–Trinajstić information content (AvgIpc) is 1.50. The predicted octanol–water partition coefficient (Wildman–Crippen LogP) is 27.8. The molecule has 0 N–H and O–H groups in total. The van der Waals surface area contributed by atoms with Crippen LogP contribution in [0.3, 0.4) is 0 Å². The molecular formula is C108H74N10. The number of benzene rings is 17. The van der Waals surface area contributed by atoms with Gasteiger partial charge in [0, 0.05) is 53.9 Å². The zero-order valence-corrected chi connectivity index (χ0v) is 65.5. The summed E-state index contributed by atoms with van der Waals surface area (Å²) in [6.07, 6.45) is 0. The van der Waals surface area contributed by atoms with Gasteiger partial charge in [0.15, 0.2) is 0 Å². The van der Waals surface area contributed by atoms with Crippen LogP contribution in [0.2, 0.25) is 0 Å². The van der Waals surface area contributed by atoms with E-state index >= 15 is 0 Å². The summed E-state index contributed by atoms with van der Waals surface area (Å²) in [7, 11) is 0. The van der Waals surface area contributed by atoms with Crippen molar-refractivity contribution in [1.29, 1.82) is 0 Å². The molecule has 0 radical (unpaired) electrons. The van der Waals surface area contributed by atoms with Crippen LogP contribution in [0, 0.1) is 34.6 Å². The molecule has 0 atom stereocenters. The molecule has 10 aromatic heterocycles. The molecule has 0 saturated heterocycles. The van der Waals surface area contributed by atoms with Crippen LogP contribution >= 0.6 is 0 Å². The minimum absolute atomic E-state index is 1.04. The van der Waals surface area contributed by atoms with E-state index in [1.165, 1.54) is 169 Å². The molecule has 0 aliphatic rings. The summed E-state index contributed by atoms with van der Waals surface area (Å²) in [6.45, 7) is 10.7. The summed E-state index contributed by atoms with van der Waals surface area (Å²) in [6, 6.07) is 127. The number of aryl methyl sites for hydroxylation is 5. The minimum Gasteiger partial charge on any atom is -0.292 e. The third kappa shape index (κ3) is 10.7. The number of pyridine rings is 5. The fraction of sp³-hybridized carbons (Fsp3) is 0.0463. The van der Waals surface area contributed by atoms with E-state index in [0.29, 0.717) is 0 Å². The lowest BCUT2D eigenvalue weighted by Crippen LogP contribution is -1.93. The number of para-hydroxylation sites is 10. The molecular weight excluding hydrogens is 1440 g/mol. The van der Waals surface area contributed by atoms with Gasteiger partial charge >= 0.3 is 0 Å². The average molecular weight is 1510 g/mol. The van der Waals surface area contributed by atoms with Gasteiger partial charge in [0.25, 0.3) is 0 Å². The van der Waals surface area contributed by atoms with Crippen molar-refractivity contribution in [2.45, 2.75) is 34.6 Å². The lowest BCUT2D eigenvalue weighted by molar-refractivity contribution is 1.31. The van der Waals surface area contributed by atoms with E-state index in [9.17, 15) is 0 Å². The Kier molecular flexibility index (Phi) is 15.5. The van der Waals surface area contributed by atoms with Crippen LogP contribution in [0.4, 0.5) is 0 Å². The Morgan fingerprint density at radius 3 is 0.898 bits per heavy atom. The largest absolute Gasteiger partial charge is 0.292 e. The lowest BCUT2D eigenvalue weighted by Gasteiger charge is -2.12. The summed E-state index contributed by atoms with van der Waals surface area (Å²) in [5.41, 5.74) is 28.6. The second kappa shape index (κ2) is 26.9. The van der Waals surface area contributed by atoms with Crippen LogP contribution < -0.4 is 0 Å². The quantitative estimate of drug-likeness (QED) is 0.141. The summed E-state index contributed by atoms with van der Waals surface area (Å²) in [4.78, 5) is 24.8. The van der Waals surface area contributed by atoms with Crippen molar-refractivity contribution >= 4 is 213 Å². The first-order valence-corrected chi connectivity index (χ1v) is 40.4. The molecule has 0 amide bonds. The molecule has 27 rings (SSSR count). The molecule has 0 unspecified atom stereocenters. The first-order valence-electron chi connectivity index (χ1n) is 40.4. The molecule has 0 aliphatic carbocycles. The van der Waals surface area contributed by atoms with E-state index in [-0.39, 0.29) is 0 Å². The fourth-order valence-corrected chi connectivity index (χ4v) is 18.7. The highest BCUT2D eigenvalue weighted by atomic mass is 15.0. The predicted molar refractivity (Wildman–Crippen MR) is 497 cm³/mol. The van der Waals surface area contributed by atoms with Gasteiger partial charge in [-0.2, -0.15) is 0 Å². The van der Waals surface area contributed by atoms with Gasteiger partial charge in [-0.3, -0.25) is 22.0 Å². The van der Waals surface area contributed by atoms with Crippen LogP contribution in [0.1, 0.15) is 27.8 Å². The first-order chi connectivity index (χ1) is 58.1. The van der Waals surface area contributed by atoms with Crippen molar-refractivity contribution in [2.24, 2.45) is 0 Å². The molecule has 10 nitrogen and oxygen atoms in total. The van der Waals surface area contributed by atoms with Gasteiger partial charge in [-0.15, -0.1) is 0 Å². The van der Waals surface area contributed by atoms with Gasteiger partial charge in [-0.25, -0.2) is 24.9 Å². The monoisotopic (exact) mass is 1510 g/mol. The van der Waals surface area contributed by atoms with Crippen molar-refractivity contribution in [3.8, 4) is 0 Å². The zero-order chi connectivity index (χ0) is 78.5. The molecule has 0 aliphatic heterocycles. The van der Waals surface area contributed by atoms with E-state index < -0.39 is 0 Å². The number of rotatable bonds is 0. The van der Waals surface area contributed by atoms with Crippen molar-refractivity contribution in [1.82, 2.24) is 46.9 Å². The summed E-state index contributed by atoms with van der Waals surface area (Å²) < 4.78 is 11.5. The Bertz CT molecular complexity index is 8920. The van der Waals surface area contributed by atoms with Gasteiger partial charge in [-0.1, -0.05) is 271 Å². The fourth-order valence-electron chi connectivity index (χ4n) is 18.7. The maximum atomic E-state index is 5.05. The SMILES string of the molecule is Cc1ccc2c(c1)c1ccc3ccccc3c1c1nc3ccccc3n21.Cc1ccc2c(c1)c1ccccc1n1c3ccccc3nc21.Cc1ccc2c3ccccc3n3c4ccccc4nc3c2c1.Cc1ccc2nc3c4c5ccccc5ccc4c4ccccc4n3c2c1.Cc1ccc2nc3c4ccccc4c4ccccc4n3c2c1. The van der Waals surface area contributed by atoms with Gasteiger partial charge in [0.1, 0.15) is 28.2 Å². The third-order valence-corrected chi connectivity index (χ3v) is 24.0. The summed E-state index contributed by atoms with van der Waals surface area (Å²) in [5, 5.41) is 23.8. The zero-order valence-electron chi connectivity index (χ0n) is 65.5. The molecule has 556 valence electrons. The van der Waals surface area contributed by atoms with Gasteiger partial charge in [0.05, 0.1) is 82.8 Å². The van der Waals surface area contributed by atoms with E-state index in [0.717, 1.165) is 72.4 Å². The number of hydrogen-bond acceptors (Lipinski definition) is 5. The van der Waals surface area contributed by atoms with Crippen molar-refractivity contribution < 1.29 is 0 Å². The number of aromatic nitrogens is 10. The summed E-state index contributed by atoms with van der Waals surface area (Å²) >= 11 is 0. The Balaban J connectivity index is 0.0000000867. The smallest absolute Gasteiger partial charge is 0.147 e. The molecule has 0 fully saturated rings. The van der Waals surface area contributed by atoms with Crippen LogP contribution in [-0.4, -0.2) is 46.9 Å². The molecule has 118 heavy (non-hydrogen) atoms. The molecule has 0 saturated carbocycles. The summed E-state index contributed by atoms with van der Waals surface area (Å²) in [5.74, 6) is 0. The molecule has 10 heteroatoms. The highest BCUT2D eigenvalue weighted by Crippen LogP contribution is 2.42. The molecule has 10 heterocycles. The molecule has 27 aromatic rings. The normalized spacial score (nSPS) is 11.9. The van der Waals surface area contributed by atoms with Crippen molar-refractivity contribution in [3.05, 3.63) is 386 Å². The van der Waals surface area contributed by atoms with Crippen LogP contribution in [0.15, 0.2) is 358 Å². The number of nitrogens with zero attached hydrogens (tertiary/aromatic N) is 10. The van der Waals surface area contributed by atoms with Crippen LogP contribution in [0.5, 0.6) is 0 Å². The van der Waals surface area contributed by atoms with Crippen LogP contribution in [-0.2, 0) is 0 Å². The molecule has 17 aromatic carbocycles. The Labute approximate surface area is 676 Å². The van der Waals surface area contributed by atoms with E-state index in [1.807, 2.05) is 12.1 Å². The first kappa shape index (κ1) is 68.2. The lowest BCUT2D eigenvalue weighted by atomic mass is 9.99. The van der Waals surface area contributed by atoms with E-state index in [4.69, 9.17) is 24.9 Å². The number of imidazole rings is 5. The third-order valence-electron chi connectivity index (χ3n) is 24.0. The molecule has 0 spiro atoms. The highest BCUT2D eigenvalue weighted by Gasteiger charge is 2.21. The second-order valence-corrected chi connectivity index (χ2v) is 31.5. The topological polar surface area (TPSA) is 86.5 Å². The number of hydrogen-bond donors (Lipinski definition) is 0. The Morgan fingerprint density at radius 1 is 0.153 bits per heavy atom. The second-order valence-electron chi connectivity index (χ2n) is 31.5. The van der Waals surface area contributed by atoms with Gasteiger partial charge < -0.3 is 0 Å². The highest BCUT2D eigenvalue weighted by molar-refractivity contribution is 6.25. The Hall–Kier alpha value is -15.4. The van der Waals surface area contributed by atoms with Crippen LogP contribution in [0.25, 0.3) is 213 Å². The minimum atomic E-state index is 1.04. The van der Waals surface area contributed by atoms with Gasteiger partial charge in [0.2, 0.25) is 0 Å².